The van der Waals surface area contributed by atoms with Crippen LogP contribution in [0.1, 0.15) is 0 Å². The molecule has 8 heteroatoms. The van der Waals surface area contributed by atoms with E-state index in [0.717, 1.165) is 61.1 Å². The summed E-state index contributed by atoms with van der Waals surface area (Å²) >= 11 is 0. The molecule has 0 saturated heterocycles. The van der Waals surface area contributed by atoms with Crippen molar-refractivity contribution in [1.82, 2.24) is 34.5 Å². The minimum Gasteiger partial charge on any atom is -0.434 e. The number of pyridine rings is 1. The van der Waals surface area contributed by atoms with Gasteiger partial charge in [0.15, 0.2) is 28.9 Å². The molecule has 0 N–H and O–H groups in total. The van der Waals surface area contributed by atoms with Crippen LogP contribution >= 0.6 is 0 Å². The van der Waals surface area contributed by atoms with Crippen LogP contribution in [-0.4, -0.2) is 34.5 Å². The van der Waals surface area contributed by atoms with E-state index in [4.69, 9.17) is 34.3 Å². The van der Waals surface area contributed by atoms with Gasteiger partial charge >= 0.3 is 0 Å². The van der Waals surface area contributed by atoms with Crippen molar-refractivity contribution in [3.63, 3.8) is 0 Å². The molecule has 0 atom stereocenters. The molecule has 8 nitrogen and oxygen atoms in total. The molecule has 5 heterocycles. The summed E-state index contributed by atoms with van der Waals surface area (Å²) in [5.74, 6) is 2.34. The van der Waals surface area contributed by atoms with Crippen molar-refractivity contribution in [2.24, 2.45) is 0 Å². The molecule has 0 bridgehead atoms. The van der Waals surface area contributed by atoms with E-state index in [0.29, 0.717) is 45.8 Å². The molecule has 0 unspecified atom stereocenters. The van der Waals surface area contributed by atoms with Gasteiger partial charge in [0.1, 0.15) is 11.2 Å². The van der Waals surface area contributed by atoms with Gasteiger partial charge in [-0.1, -0.05) is 152 Å². The number of furan rings is 1. The predicted molar refractivity (Wildman–Crippen MR) is 247 cm³/mol. The van der Waals surface area contributed by atoms with E-state index >= 15 is 0 Å². The summed E-state index contributed by atoms with van der Waals surface area (Å²) in [7, 11) is 0. The van der Waals surface area contributed by atoms with Gasteiger partial charge in [0.25, 0.3) is 0 Å². The van der Waals surface area contributed by atoms with Crippen LogP contribution in [0.25, 0.3) is 118 Å². The van der Waals surface area contributed by atoms with Gasteiger partial charge < -0.3 is 8.98 Å². The van der Waals surface area contributed by atoms with Crippen LogP contribution < -0.4 is 0 Å². The highest BCUT2D eigenvalue weighted by Gasteiger charge is 2.21. The quantitative estimate of drug-likeness (QED) is 0.158. The van der Waals surface area contributed by atoms with E-state index in [1.54, 1.807) is 0 Å². The molecule has 0 aliphatic heterocycles. The first-order valence-corrected chi connectivity index (χ1v) is 20.4. The number of aromatic nitrogens is 7. The van der Waals surface area contributed by atoms with Crippen LogP contribution in [0.4, 0.5) is 0 Å². The normalized spacial score (nSPS) is 11.5. The van der Waals surface area contributed by atoms with E-state index < -0.39 is 0 Å². The topological polar surface area (TPSA) is 95.4 Å². The highest BCUT2D eigenvalue weighted by Crippen LogP contribution is 2.38. The first-order chi connectivity index (χ1) is 30.7. The van der Waals surface area contributed by atoms with Crippen LogP contribution in [0.3, 0.4) is 0 Å². The summed E-state index contributed by atoms with van der Waals surface area (Å²) in [6.07, 6.45) is 1.84. The van der Waals surface area contributed by atoms with Crippen molar-refractivity contribution >= 4 is 44.0 Å². The van der Waals surface area contributed by atoms with Crippen molar-refractivity contribution in [2.75, 3.05) is 0 Å². The lowest BCUT2D eigenvalue weighted by Crippen LogP contribution is -2.00. The molecule has 0 amide bonds. The predicted octanol–water partition coefficient (Wildman–Crippen LogP) is 13.1. The second-order valence-electron chi connectivity index (χ2n) is 15.2. The van der Waals surface area contributed by atoms with Crippen LogP contribution in [0, 0.1) is 0 Å². The maximum atomic E-state index is 6.47. The van der Waals surface area contributed by atoms with Gasteiger partial charge in [-0.25, -0.2) is 29.9 Å². The zero-order valence-corrected chi connectivity index (χ0v) is 33.1. The number of hydrogen-bond acceptors (Lipinski definition) is 7. The average Bonchev–Trinajstić information content (AvgIpc) is 3.90. The Morgan fingerprint density at radius 3 is 1.37 bits per heavy atom. The van der Waals surface area contributed by atoms with Gasteiger partial charge in [0.05, 0.1) is 16.4 Å². The van der Waals surface area contributed by atoms with Gasteiger partial charge in [-0.3, -0.25) is 0 Å². The number of benzene rings is 7. The van der Waals surface area contributed by atoms with Crippen molar-refractivity contribution in [3.8, 4) is 73.6 Å². The molecule has 62 heavy (non-hydrogen) atoms. The van der Waals surface area contributed by atoms with Gasteiger partial charge in [-0.2, -0.15) is 0 Å². The summed E-state index contributed by atoms with van der Waals surface area (Å²) in [6, 6.07) is 66.0. The van der Waals surface area contributed by atoms with E-state index in [9.17, 15) is 0 Å². The fourth-order valence-electron chi connectivity index (χ4n) is 8.32. The third-order valence-corrected chi connectivity index (χ3v) is 11.4. The van der Waals surface area contributed by atoms with Gasteiger partial charge in [0, 0.05) is 56.0 Å². The summed E-state index contributed by atoms with van der Waals surface area (Å²) in [6.45, 7) is 0. The largest absolute Gasteiger partial charge is 0.434 e. The summed E-state index contributed by atoms with van der Waals surface area (Å²) in [5.41, 5.74) is 12.3. The fraction of sp³-hybridized carbons (Fsp3) is 0. The van der Waals surface area contributed by atoms with Crippen LogP contribution in [0.2, 0.25) is 0 Å². The molecular formula is C54H33N7O. The summed E-state index contributed by atoms with van der Waals surface area (Å²) in [5, 5.41) is 3.27. The molecule has 7 aromatic carbocycles. The first-order valence-electron chi connectivity index (χ1n) is 20.4. The maximum Gasteiger partial charge on any atom is 0.229 e. The third kappa shape index (κ3) is 6.09. The lowest BCUT2D eigenvalue weighted by molar-refractivity contribution is 0.653. The minimum absolute atomic E-state index is 0.506. The Morgan fingerprint density at radius 1 is 0.355 bits per heavy atom. The fourth-order valence-corrected chi connectivity index (χ4v) is 8.32. The van der Waals surface area contributed by atoms with Gasteiger partial charge in [-0.05, 0) is 48.0 Å². The van der Waals surface area contributed by atoms with Crippen molar-refractivity contribution < 1.29 is 4.42 Å². The molecular weight excluding hydrogens is 763 g/mol. The van der Waals surface area contributed by atoms with Crippen LogP contribution in [0.5, 0.6) is 0 Å². The molecule has 0 aliphatic carbocycles. The molecule has 0 spiro atoms. The standard InChI is InChI=1S/C54H33N7O/c1-4-14-34(15-5-1)40-32-44-48-49(62-54(44)55-33-40)47(56-50(57-48)36-16-6-2-7-17-36)35-24-26-38(27-25-35)52-58-51(37-18-8-3-9-19-37)59-53(60-52)39-28-30-41(31-29-39)61-45-22-12-10-20-42(45)43-21-11-13-23-46(43)61/h1-33H. The Morgan fingerprint density at radius 2 is 0.806 bits per heavy atom. The van der Waals surface area contributed by atoms with Crippen LogP contribution in [0.15, 0.2) is 205 Å². The Balaban J connectivity index is 0.957. The second-order valence-corrected chi connectivity index (χ2v) is 15.2. The zero-order chi connectivity index (χ0) is 41.0. The molecule has 290 valence electrons. The maximum absolute atomic E-state index is 6.47. The molecule has 0 radical (unpaired) electrons. The van der Waals surface area contributed by atoms with E-state index in [1.165, 1.54) is 10.8 Å². The van der Waals surface area contributed by atoms with Crippen molar-refractivity contribution in [3.05, 3.63) is 200 Å². The number of para-hydroxylation sites is 2. The van der Waals surface area contributed by atoms with Crippen molar-refractivity contribution in [2.45, 2.75) is 0 Å². The number of nitrogens with zero attached hydrogens (tertiary/aromatic N) is 7. The lowest BCUT2D eigenvalue weighted by atomic mass is 10.1. The summed E-state index contributed by atoms with van der Waals surface area (Å²) in [4.78, 5) is 30.0. The SMILES string of the molecule is c1ccc(-c2cnc3oc4c(-c5ccc(-c6nc(-c7ccccc7)nc(-c7ccc(-n8c9ccccc9c9ccccc98)cc7)n6)cc5)nc(-c5ccccc5)nc4c3c2)cc1. The van der Waals surface area contributed by atoms with Crippen molar-refractivity contribution in [1.29, 1.82) is 0 Å². The average molecular weight is 796 g/mol. The smallest absolute Gasteiger partial charge is 0.229 e. The number of hydrogen-bond donors (Lipinski definition) is 0. The molecule has 0 aliphatic rings. The zero-order valence-electron chi connectivity index (χ0n) is 33.1. The van der Waals surface area contributed by atoms with Crippen LogP contribution in [-0.2, 0) is 0 Å². The monoisotopic (exact) mass is 795 g/mol. The van der Waals surface area contributed by atoms with E-state index in [2.05, 4.69) is 95.6 Å². The minimum atomic E-state index is 0.506. The third-order valence-electron chi connectivity index (χ3n) is 11.4. The summed E-state index contributed by atoms with van der Waals surface area (Å²) < 4.78 is 8.78. The van der Waals surface area contributed by atoms with E-state index in [1.807, 2.05) is 109 Å². The Hall–Kier alpha value is -8.62. The Kier molecular flexibility index (Phi) is 8.31. The first kappa shape index (κ1) is 35.3. The second kappa shape index (κ2) is 14.6. The lowest BCUT2D eigenvalue weighted by Gasteiger charge is -2.11. The highest BCUT2D eigenvalue weighted by atomic mass is 16.3. The molecule has 0 saturated carbocycles. The Bertz CT molecular complexity index is 3550. The highest BCUT2D eigenvalue weighted by molar-refractivity contribution is 6.09. The van der Waals surface area contributed by atoms with Gasteiger partial charge in [0.2, 0.25) is 5.71 Å². The Labute approximate surface area is 355 Å². The molecule has 12 rings (SSSR count). The molecule has 5 aromatic heterocycles. The number of rotatable bonds is 7. The molecule has 12 aromatic rings. The van der Waals surface area contributed by atoms with E-state index in [-0.39, 0.29) is 0 Å². The molecule has 0 fully saturated rings. The van der Waals surface area contributed by atoms with Gasteiger partial charge in [-0.15, -0.1) is 0 Å². The number of fused-ring (bicyclic) bond motifs is 6.